The quantitative estimate of drug-likeness (QED) is 0.787. The minimum Gasteiger partial charge on any atom is -0.477 e. The lowest BCUT2D eigenvalue weighted by molar-refractivity contribution is -0.135. The monoisotopic (exact) mass is 290 g/mol. The molecular formula is C12H13F3N2O3. The normalized spacial score (nSPS) is 11.2. The van der Waals surface area contributed by atoms with Gasteiger partial charge in [0.25, 0.3) is 5.91 Å². The highest BCUT2D eigenvalue weighted by molar-refractivity contribution is 5.96. The van der Waals surface area contributed by atoms with E-state index in [1.807, 2.05) is 0 Å². The van der Waals surface area contributed by atoms with E-state index < -0.39 is 24.5 Å². The molecule has 1 aromatic heterocycles. The highest BCUT2D eigenvalue weighted by atomic mass is 19.4. The molecule has 0 spiro atoms. The summed E-state index contributed by atoms with van der Waals surface area (Å²) >= 11 is 0. The molecule has 0 aliphatic carbocycles. The molecule has 0 atom stereocenters. The first kappa shape index (κ1) is 15.9. The third-order valence-electron chi connectivity index (χ3n) is 2.41. The molecular weight excluding hydrogens is 277 g/mol. The molecule has 0 aliphatic heterocycles. The van der Waals surface area contributed by atoms with Crippen LogP contribution in [0.15, 0.2) is 18.3 Å². The van der Waals surface area contributed by atoms with Gasteiger partial charge in [-0.2, -0.15) is 13.2 Å². The topological polar surface area (TPSA) is 79.3 Å². The predicted molar refractivity (Wildman–Crippen MR) is 63.4 cm³/mol. The van der Waals surface area contributed by atoms with E-state index in [0.717, 1.165) is 6.07 Å². The van der Waals surface area contributed by atoms with E-state index in [1.54, 1.807) is 0 Å². The number of alkyl halides is 3. The molecule has 1 aromatic rings. The molecule has 0 fully saturated rings. The average molecular weight is 290 g/mol. The zero-order chi connectivity index (χ0) is 15.2. The molecule has 110 valence electrons. The lowest BCUT2D eigenvalue weighted by Crippen LogP contribution is -2.25. The van der Waals surface area contributed by atoms with E-state index in [9.17, 15) is 22.8 Å². The van der Waals surface area contributed by atoms with Gasteiger partial charge in [-0.25, -0.2) is 9.78 Å². The van der Waals surface area contributed by atoms with Crippen LogP contribution in [0.1, 0.15) is 40.1 Å². The number of amides is 1. The fourth-order valence-electron chi connectivity index (χ4n) is 1.44. The van der Waals surface area contributed by atoms with Gasteiger partial charge in [-0.1, -0.05) is 0 Å². The summed E-state index contributed by atoms with van der Waals surface area (Å²) in [7, 11) is 0. The van der Waals surface area contributed by atoms with Crippen molar-refractivity contribution in [2.75, 3.05) is 6.54 Å². The van der Waals surface area contributed by atoms with Gasteiger partial charge >= 0.3 is 12.1 Å². The van der Waals surface area contributed by atoms with Crippen molar-refractivity contribution in [3.05, 3.63) is 29.6 Å². The number of nitrogens with one attached hydrogen (secondary N) is 1. The van der Waals surface area contributed by atoms with Gasteiger partial charge in [0.05, 0.1) is 0 Å². The number of unbranched alkanes of at least 4 members (excludes halogenated alkanes) is 1. The van der Waals surface area contributed by atoms with Crippen LogP contribution in [-0.2, 0) is 0 Å². The van der Waals surface area contributed by atoms with Crippen LogP contribution in [0.4, 0.5) is 13.2 Å². The number of carboxylic acids is 1. The van der Waals surface area contributed by atoms with Crippen LogP contribution in [0.5, 0.6) is 0 Å². The van der Waals surface area contributed by atoms with Crippen LogP contribution in [0.25, 0.3) is 0 Å². The maximum absolute atomic E-state index is 11.9. The molecule has 2 N–H and O–H groups in total. The van der Waals surface area contributed by atoms with Crippen molar-refractivity contribution in [3.63, 3.8) is 0 Å². The fourth-order valence-corrected chi connectivity index (χ4v) is 1.44. The number of nitrogens with zero attached hydrogens (tertiary/aromatic N) is 1. The number of aromatic carboxylic acids is 1. The lowest BCUT2D eigenvalue weighted by atomic mass is 10.2. The Morgan fingerprint density at radius 3 is 2.60 bits per heavy atom. The third kappa shape index (κ3) is 5.68. The van der Waals surface area contributed by atoms with Crippen LogP contribution in [0.2, 0.25) is 0 Å². The van der Waals surface area contributed by atoms with Crippen molar-refractivity contribution in [1.82, 2.24) is 10.3 Å². The Bertz CT molecular complexity index is 489. The molecule has 0 saturated carbocycles. The lowest BCUT2D eigenvalue weighted by Gasteiger charge is -2.07. The summed E-state index contributed by atoms with van der Waals surface area (Å²) in [5.41, 5.74) is -0.164. The van der Waals surface area contributed by atoms with Crippen LogP contribution in [0, 0.1) is 0 Å². The number of hydrogen-bond acceptors (Lipinski definition) is 3. The van der Waals surface area contributed by atoms with Gasteiger partial charge in [-0.15, -0.1) is 0 Å². The molecule has 1 heterocycles. The van der Waals surface area contributed by atoms with Gasteiger partial charge in [0.2, 0.25) is 0 Å². The standard InChI is InChI=1S/C12H13F3N2O3/c13-12(14,15)4-1-2-5-17-10(18)8-3-6-16-9(7-8)11(19)20/h3,6-7H,1-2,4-5H2,(H,17,18)(H,19,20). The van der Waals surface area contributed by atoms with Gasteiger partial charge in [-0.3, -0.25) is 4.79 Å². The van der Waals surface area contributed by atoms with E-state index >= 15 is 0 Å². The summed E-state index contributed by atoms with van der Waals surface area (Å²) in [4.78, 5) is 25.8. The summed E-state index contributed by atoms with van der Waals surface area (Å²) in [5.74, 6) is -1.80. The molecule has 0 aliphatic rings. The highest BCUT2D eigenvalue weighted by Crippen LogP contribution is 2.21. The number of hydrogen-bond donors (Lipinski definition) is 2. The van der Waals surface area contributed by atoms with Gasteiger partial charge in [0.15, 0.2) is 0 Å². The van der Waals surface area contributed by atoms with Crippen molar-refractivity contribution in [2.45, 2.75) is 25.4 Å². The Hall–Kier alpha value is -2.12. The summed E-state index contributed by atoms with van der Waals surface area (Å²) in [5, 5.41) is 11.1. The van der Waals surface area contributed by atoms with Crippen molar-refractivity contribution in [1.29, 1.82) is 0 Å². The van der Waals surface area contributed by atoms with Gasteiger partial charge in [0.1, 0.15) is 5.69 Å². The Morgan fingerprint density at radius 2 is 2.00 bits per heavy atom. The molecule has 0 radical (unpaired) electrons. The smallest absolute Gasteiger partial charge is 0.389 e. The molecule has 0 bridgehead atoms. The van der Waals surface area contributed by atoms with Gasteiger partial charge in [-0.05, 0) is 25.0 Å². The van der Waals surface area contributed by atoms with E-state index in [1.165, 1.54) is 12.3 Å². The van der Waals surface area contributed by atoms with Crippen molar-refractivity contribution < 1.29 is 27.9 Å². The number of aromatic nitrogens is 1. The number of pyridine rings is 1. The average Bonchev–Trinajstić information content (AvgIpc) is 2.37. The van der Waals surface area contributed by atoms with E-state index in [4.69, 9.17) is 5.11 Å². The van der Waals surface area contributed by atoms with Crippen LogP contribution < -0.4 is 5.32 Å². The second-order valence-electron chi connectivity index (χ2n) is 4.06. The number of carbonyl (C=O) groups is 2. The van der Waals surface area contributed by atoms with Gasteiger partial charge < -0.3 is 10.4 Å². The molecule has 5 nitrogen and oxygen atoms in total. The zero-order valence-corrected chi connectivity index (χ0v) is 10.4. The van der Waals surface area contributed by atoms with Crippen molar-refractivity contribution >= 4 is 11.9 Å². The maximum Gasteiger partial charge on any atom is 0.389 e. The minimum atomic E-state index is -4.19. The number of rotatable bonds is 6. The summed E-state index contributed by atoms with van der Waals surface area (Å²) in [6.45, 7) is 0.0969. The van der Waals surface area contributed by atoms with Crippen LogP contribution in [0.3, 0.4) is 0 Å². The van der Waals surface area contributed by atoms with E-state index in [-0.39, 0.29) is 30.6 Å². The maximum atomic E-state index is 11.9. The summed E-state index contributed by atoms with van der Waals surface area (Å²) in [6, 6.07) is 2.44. The van der Waals surface area contributed by atoms with E-state index in [0.29, 0.717) is 0 Å². The Balaban J connectivity index is 2.40. The fraction of sp³-hybridized carbons (Fsp3) is 0.417. The van der Waals surface area contributed by atoms with Crippen molar-refractivity contribution in [2.24, 2.45) is 0 Å². The largest absolute Gasteiger partial charge is 0.477 e. The number of carbonyl (C=O) groups excluding carboxylic acids is 1. The molecule has 1 amide bonds. The zero-order valence-electron chi connectivity index (χ0n) is 10.4. The second kappa shape index (κ2) is 6.88. The third-order valence-corrected chi connectivity index (χ3v) is 2.41. The van der Waals surface area contributed by atoms with E-state index in [2.05, 4.69) is 10.3 Å². The number of carboxylic acid groups (broad SMARTS) is 1. The molecule has 8 heteroatoms. The first-order valence-electron chi connectivity index (χ1n) is 5.84. The Morgan fingerprint density at radius 1 is 1.30 bits per heavy atom. The highest BCUT2D eigenvalue weighted by Gasteiger charge is 2.25. The Kier molecular flexibility index (Phi) is 5.48. The molecule has 0 aromatic carbocycles. The molecule has 0 unspecified atom stereocenters. The summed E-state index contributed by atoms with van der Waals surface area (Å²) < 4.78 is 35.6. The predicted octanol–water partition coefficient (Wildman–Crippen LogP) is 2.24. The Labute approximate surface area is 112 Å². The van der Waals surface area contributed by atoms with Crippen LogP contribution in [-0.4, -0.2) is 34.7 Å². The first-order valence-corrected chi connectivity index (χ1v) is 5.84. The number of halogens is 3. The SMILES string of the molecule is O=C(NCCCCC(F)(F)F)c1ccnc(C(=O)O)c1. The molecule has 0 saturated heterocycles. The summed E-state index contributed by atoms with van der Waals surface area (Å²) in [6.07, 6.45) is -3.77. The molecule has 1 rings (SSSR count). The minimum absolute atomic E-state index is 0.0689. The van der Waals surface area contributed by atoms with Crippen molar-refractivity contribution in [3.8, 4) is 0 Å². The molecule has 20 heavy (non-hydrogen) atoms. The second-order valence-corrected chi connectivity index (χ2v) is 4.06. The van der Waals surface area contributed by atoms with Crippen LogP contribution >= 0.6 is 0 Å². The van der Waals surface area contributed by atoms with Gasteiger partial charge in [0, 0.05) is 24.7 Å². The first-order chi connectivity index (χ1) is 9.29.